The van der Waals surface area contributed by atoms with Gasteiger partial charge in [-0.05, 0) is 59.7 Å². The minimum Gasteiger partial charge on any atom is -0.352 e. The molecule has 1 saturated heterocycles. The zero-order valence-electron chi connectivity index (χ0n) is 12.9. The minimum atomic E-state index is -3.05. The molecular weight excluding hydrogens is 380 g/mol. The second-order valence-electron chi connectivity index (χ2n) is 6.28. The van der Waals surface area contributed by atoms with Crippen molar-refractivity contribution >= 4 is 31.9 Å². The Morgan fingerprint density at radius 2 is 1.83 bits per heavy atom. The molecule has 0 bridgehead atoms. The first kappa shape index (κ1) is 16.9. The number of carbonyl (C=O) groups excluding carboxylic acids is 1. The summed E-state index contributed by atoms with van der Waals surface area (Å²) in [6.45, 7) is 1.75. The lowest BCUT2D eigenvalue weighted by atomic mass is 9.98. The molecule has 2 fully saturated rings. The Morgan fingerprint density at radius 1 is 1.17 bits per heavy atom. The van der Waals surface area contributed by atoms with Crippen LogP contribution in [0.5, 0.6) is 0 Å². The minimum absolute atomic E-state index is 0.0921. The number of benzene rings is 1. The molecule has 1 aromatic carbocycles. The van der Waals surface area contributed by atoms with E-state index in [1.54, 1.807) is 10.4 Å². The summed E-state index contributed by atoms with van der Waals surface area (Å²) in [7, 11) is -3.05. The van der Waals surface area contributed by atoms with Gasteiger partial charge in [-0.3, -0.25) is 4.79 Å². The van der Waals surface area contributed by atoms with Crippen LogP contribution in [0.4, 0.5) is 0 Å². The van der Waals surface area contributed by atoms with Gasteiger partial charge in [0.2, 0.25) is 10.0 Å². The summed E-state index contributed by atoms with van der Waals surface area (Å²) in [5.74, 6) is 0.248. The van der Waals surface area contributed by atoms with Gasteiger partial charge in [-0.2, -0.15) is 0 Å². The molecule has 7 heteroatoms. The van der Waals surface area contributed by atoms with Gasteiger partial charge in [0.05, 0.1) is 10.8 Å². The van der Waals surface area contributed by atoms with Crippen LogP contribution in [0.2, 0.25) is 0 Å². The maximum absolute atomic E-state index is 12.2. The molecule has 1 aromatic rings. The molecule has 126 valence electrons. The molecule has 5 nitrogen and oxygen atoms in total. The summed E-state index contributed by atoms with van der Waals surface area (Å²) in [6.07, 6.45) is 3.24. The van der Waals surface area contributed by atoms with E-state index in [0.717, 1.165) is 30.2 Å². The molecule has 0 aromatic heterocycles. The lowest BCUT2D eigenvalue weighted by Crippen LogP contribution is -2.42. The summed E-state index contributed by atoms with van der Waals surface area (Å²) in [5, 5.41) is 2.83. The van der Waals surface area contributed by atoms with Crippen molar-refractivity contribution in [1.29, 1.82) is 0 Å². The molecular formula is C16H21BrN2O3S. The normalized spacial score (nSPS) is 20.4. The van der Waals surface area contributed by atoms with E-state index in [4.69, 9.17) is 0 Å². The van der Waals surface area contributed by atoms with Gasteiger partial charge >= 0.3 is 0 Å². The molecule has 0 atom stereocenters. The molecule has 1 saturated carbocycles. The average molecular weight is 401 g/mol. The number of amides is 1. The highest BCUT2D eigenvalue weighted by Gasteiger charge is 2.41. The first-order chi connectivity index (χ1) is 11.0. The second-order valence-corrected chi connectivity index (χ2v) is 9.34. The summed E-state index contributed by atoms with van der Waals surface area (Å²) in [5.41, 5.74) is 0.626. The zero-order chi connectivity index (χ0) is 16.4. The highest BCUT2D eigenvalue weighted by Crippen LogP contribution is 2.33. The van der Waals surface area contributed by atoms with Crippen LogP contribution in [-0.4, -0.2) is 43.5 Å². The maximum Gasteiger partial charge on any atom is 0.252 e. The summed E-state index contributed by atoms with van der Waals surface area (Å²) >= 11 is 3.38. The van der Waals surface area contributed by atoms with Crippen LogP contribution in [-0.2, 0) is 10.0 Å². The number of carbonyl (C=O) groups is 1. The van der Waals surface area contributed by atoms with Crippen molar-refractivity contribution < 1.29 is 13.2 Å². The molecule has 0 spiro atoms. The summed E-state index contributed by atoms with van der Waals surface area (Å²) < 4.78 is 26.8. The molecule has 1 aliphatic heterocycles. The lowest BCUT2D eigenvalue weighted by molar-refractivity contribution is 0.0940. The number of sulfonamides is 1. The monoisotopic (exact) mass is 400 g/mol. The fraction of sp³-hybridized carbons (Fsp3) is 0.562. The van der Waals surface area contributed by atoms with Gasteiger partial charge in [0.25, 0.3) is 5.91 Å². The predicted molar refractivity (Wildman–Crippen MR) is 92.7 cm³/mol. The Balaban J connectivity index is 1.48. The Bertz CT molecular complexity index is 680. The van der Waals surface area contributed by atoms with E-state index in [1.165, 1.54) is 0 Å². The Morgan fingerprint density at radius 3 is 2.43 bits per heavy atom. The number of halogens is 1. The molecule has 1 aliphatic carbocycles. The van der Waals surface area contributed by atoms with Crippen LogP contribution < -0.4 is 5.32 Å². The van der Waals surface area contributed by atoms with Gasteiger partial charge in [0, 0.05) is 24.1 Å². The number of piperidine rings is 1. The Kier molecular flexibility index (Phi) is 5.08. The Labute approximate surface area is 145 Å². The lowest BCUT2D eigenvalue weighted by Gasteiger charge is -2.31. The van der Waals surface area contributed by atoms with Crippen molar-refractivity contribution in [1.82, 2.24) is 9.62 Å². The molecule has 23 heavy (non-hydrogen) atoms. The molecule has 1 amide bonds. The number of rotatable bonds is 5. The van der Waals surface area contributed by atoms with Gasteiger partial charge in [0.15, 0.2) is 0 Å². The third-order valence-corrected chi connectivity index (χ3v) is 7.64. The largest absolute Gasteiger partial charge is 0.352 e. The average Bonchev–Trinajstić information content (AvgIpc) is 3.39. The molecule has 1 heterocycles. The van der Waals surface area contributed by atoms with Crippen LogP contribution >= 0.6 is 15.9 Å². The molecule has 2 aliphatic rings. The van der Waals surface area contributed by atoms with Crippen LogP contribution in [0, 0.1) is 5.92 Å². The number of hydrogen-bond acceptors (Lipinski definition) is 3. The van der Waals surface area contributed by atoms with Crippen molar-refractivity contribution in [2.75, 3.05) is 19.6 Å². The van der Waals surface area contributed by atoms with Crippen LogP contribution in [0.15, 0.2) is 28.7 Å². The predicted octanol–water partition coefficient (Wildman–Crippen LogP) is 2.38. The fourth-order valence-electron chi connectivity index (χ4n) is 2.92. The van der Waals surface area contributed by atoms with E-state index in [1.807, 2.05) is 18.2 Å². The quantitative estimate of drug-likeness (QED) is 0.824. The van der Waals surface area contributed by atoms with Crippen molar-refractivity contribution in [3.8, 4) is 0 Å². The standard InChI is InChI=1S/C16H21BrN2O3S/c17-15-4-2-1-3-14(15)16(20)18-11-12-7-9-19(10-8-12)23(21,22)13-5-6-13/h1-4,12-13H,5-11H2,(H,18,20). The van der Waals surface area contributed by atoms with E-state index in [2.05, 4.69) is 21.2 Å². The second kappa shape index (κ2) is 6.91. The third kappa shape index (κ3) is 3.95. The topological polar surface area (TPSA) is 66.5 Å². The molecule has 0 unspecified atom stereocenters. The van der Waals surface area contributed by atoms with Gasteiger partial charge < -0.3 is 5.32 Å². The van der Waals surface area contributed by atoms with Gasteiger partial charge in [0.1, 0.15) is 0 Å². The molecule has 0 radical (unpaired) electrons. The van der Waals surface area contributed by atoms with E-state index in [0.29, 0.717) is 31.1 Å². The van der Waals surface area contributed by atoms with Crippen LogP contribution in [0.1, 0.15) is 36.0 Å². The first-order valence-corrected chi connectivity index (χ1v) is 10.3. The molecule has 1 N–H and O–H groups in total. The van der Waals surface area contributed by atoms with Crippen molar-refractivity contribution in [2.24, 2.45) is 5.92 Å². The summed E-state index contributed by atoms with van der Waals surface area (Å²) in [6, 6.07) is 7.33. The maximum atomic E-state index is 12.2. The van der Waals surface area contributed by atoms with E-state index >= 15 is 0 Å². The number of hydrogen-bond donors (Lipinski definition) is 1. The first-order valence-electron chi connectivity index (χ1n) is 8.00. The van der Waals surface area contributed by atoms with E-state index in [9.17, 15) is 13.2 Å². The van der Waals surface area contributed by atoms with Crippen LogP contribution in [0.25, 0.3) is 0 Å². The fourth-order valence-corrected chi connectivity index (χ4v) is 5.26. The highest BCUT2D eigenvalue weighted by atomic mass is 79.9. The number of nitrogens with zero attached hydrogens (tertiary/aromatic N) is 1. The van der Waals surface area contributed by atoms with Crippen molar-refractivity contribution in [2.45, 2.75) is 30.9 Å². The Hall–Kier alpha value is -0.920. The third-order valence-electron chi connectivity index (χ3n) is 4.55. The van der Waals surface area contributed by atoms with E-state index < -0.39 is 10.0 Å². The zero-order valence-corrected chi connectivity index (χ0v) is 15.3. The molecule has 3 rings (SSSR count). The summed E-state index contributed by atoms with van der Waals surface area (Å²) in [4.78, 5) is 12.2. The van der Waals surface area contributed by atoms with Gasteiger partial charge in [-0.25, -0.2) is 12.7 Å². The van der Waals surface area contributed by atoms with Gasteiger partial charge in [-0.15, -0.1) is 0 Å². The van der Waals surface area contributed by atoms with Crippen molar-refractivity contribution in [3.05, 3.63) is 34.3 Å². The SMILES string of the molecule is O=C(NCC1CCN(S(=O)(=O)C2CC2)CC1)c1ccccc1Br. The van der Waals surface area contributed by atoms with E-state index in [-0.39, 0.29) is 11.2 Å². The van der Waals surface area contributed by atoms with Gasteiger partial charge in [-0.1, -0.05) is 12.1 Å². The van der Waals surface area contributed by atoms with Crippen molar-refractivity contribution in [3.63, 3.8) is 0 Å². The highest BCUT2D eigenvalue weighted by molar-refractivity contribution is 9.10. The number of nitrogens with one attached hydrogen (secondary N) is 1. The smallest absolute Gasteiger partial charge is 0.252 e. The van der Waals surface area contributed by atoms with Crippen LogP contribution in [0.3, 0.4) is 0 Å².